The third-order valence-corrected chi connectivity index (χ3v) is 13.8. The normalized spacial score (nSPS) is 44.0. The number of carbonyl (C=O) groups excluding carboxylic acids is 2. The summed E-state index contributed by atoms with van der Waals surface area (Å²) in [6, 6.07) is 2.18. The van der Waals surface area contributed by atoms with Crippen molar-refractivity contribution in [2.75, 3.05) is 6.54 Å². The van der Waals surface area contributed by atoms with E-state index < -0.39 is 23.6 Å². The lowest BCUT2D eigenvalue weighted by Crippen LogP contribution is -2.68. The van der Waals surface area contributed by atoms with E-state index >= 15 is 0 Å². The van der Waals surface area contributed by atoms with E-state index in [2.05, 4.69) is 52.6 Å². The molecule has 8 atom stereocenters. The molecule has 232 valence electrons. The van der Waals surface area contributed by atoms with Gasteiger partial charge in [-0.15, -0.1) is 0 Å². The highest BCUT2D eigenvalue weighted by molar-refractivity contribution is 6.04. The van der Waals surface area contributed by atoms with Crippen molar-refractivity contribution in [3.8, 4) is 6.07 Å². The first-order chi connectivity index (χ1) is 19.2. The van der Waals surface area contributed by atoms with Crippen molar-refractivity contribution in [2.24, 2.45) is 56.2 Å². The molecule has 0 aromatic heterocycles. The van der Waals surface area contributed by atoms with E-state index in [9.17, 15) is 28.0 Å². The number of fused-ring (bicyclic) bond motifs is 7. The van der Waals surface area contributed by atoms with Gasteiger partial charge >= 0.3 is 6.18 Å². The van der Waals surface area contributed by atoms with Gasteiger partial charge in [-0.25, -0.2) is 0 Å². The van der Waals surface area contributed by atoms with Gasteiger partial charge in [0, 0.05) is 23.5 Å². The van der Waals surface area contributed by atoms with Crippen LogP contribution in [0.1, 0.15) is 106 Å². The molecule has 0 aromatic rings. The molecule has 0 heterocycles. The molecule has 0 bridgehead atoms. The number of ketones is 2. The van der Waals surface area contributed by atoms with Crippen molar-refractivity contribution in [3.05, 3.63) is 23.9 Å². The Morgan fingerprint density at radius 3 is 2.26 bits per heavy atom. The highest BCUT2D eigenvalue weighted by Crippen LogP contribution is 2.76. The molecule has 7 heteroatoms. The van der Waals surface area contributed by atoms with Gasteiger partial charge in [0.05, 0.1) is 5.57 Å². The second-order valence-electron chi connectivity index (χ2n) is 16.8. The zero-order chi connectivity index (χ0) is 31.3. The van der Waals surface area contributed by atoms with E-state index in [0.29, 0.717) is 18.5 Å². The molecule has 0 aromatic carbocycles. The van der Waals surface area contributed by atoms with Gasteiger partial charge in [-0.2, -0.15) is 18.4 Å². The molecule has 0 radical (unpaired) electrons. The van der Waals surface area contributed by atoms with E-state index in [-0.39, 0.29) is 62.5 Å². The van der Waals surface area contributed by atoms with Crippen LogP contribution in [0.5, 0.6) is 0 Å². The van der Waals surface area contributed by atoms with Gasteiger partial charge < -0.3 is 5.32 Å². The van der Waals surface area contributed by atoms with Crippen molar-refractivity contribution in [1.82, 2.24) is 5.32 Å². The van der Waals surface area contributed by atoms with Crippen LogP contribution in [0.15, 0.2) is 23.9 Å². The fourth-order valence-electron chi connectivity index (χ4n) is 11.4. The Morgan fingerprint density at radius 1 is 1.00 bits per heavy atom. The number of nitrogens with one attached hydrogen (secondary N) is 1. The van der Waals surface area contributed by atoms with Gasteiger partial charge in [0.2, 0.25) is 0 Å². The molecule has 4 fully saturated rings. The minimum absolute atomic E-state index is 0.0146. The van der Waals surface area contributed by atoms with E-state index in [0.717, 1.165) is 44.9 Å². The summed E-state index contributed by atoms with van der Waals surface area (Å²) in [5.41, 5.74) is -1.13. The molecule has 42 heavy (non-hydrogen) atoms. The van der Waals surface area contributed by atoms with Crippen LogP contribution in [0.2, 0.25) is 0 Å². The van der Waals surface area contributed by atoms with Crippen LogP contribution in [0.25, 0.3) is 0 Å². The van der Waals surface area contributed by atoms with Crippen LogP contribution in [-0.4, -0.2) is 24.3 Å². The van der Waals surface area contributed by atoms with E-state index in [1.807, 2.05) is 19.9 Å². The van der Waals surface area contributed by atoms with Gasteiger partial charge in [-0.1, -0.05) is 61.1 Å². The van der Waals surface area contributed by atoms with Gasteiger partial charge in [0.1, 0.15) is 18.4 Å². The number of Topliss-reactive ketones (excluding diaryl/α,β-unsaturated/α-hetero) is 2. The first-order valence-electron chi connectivity index (χ1n) is 15.8. The summed E-state index contributed by atoms with van der Waals surface area (Å²) in [4.78, 5) is 27.9. The Hall–Kier alpha value is -2.10. The average Bonchev–Trinajstić information content (AvgIpc) is 2.87. The summed E-state index contributed by atoms with van der Waals surface area (Å²) in [5.74, 6) is 0.161. The number of allylic oxidation sites excluding steroid dienone is 3. The lowest BCUT2D eigenvalue weighted by atomic mass is 9.31. The number of alkyl halides is 3. The number of nitriles is 1. The molecular weight excluding hydrogens is 537 g/mol. The molecule has 1 N–H and O–H groups in total. The number of hydrogen-bond acceptors (Lipinski definition) is 4. The minimum atomic E-state index is -4.31. The number of rotatable bonds is 4. The summed E-state index contributed by atoms with van der Waals surface area (Å²) in [6.45, 7) is 18.3. The van der Waals surface area contributed by atoms with Crippen LogP contribution in [-0.2, 0) is 9.59 Å². The molecule has 0 aliphatic heterocycles. The third kappa shape index (κ3) is 4.43. The topological polar surface area (TPSA) is 70.0 Å². The van der Waals surface area contributed by atoms with Gasteiger partial charge in [-0.05, 0) is 96.2 Å². The molecule has 2 unspecified atom stereocenters. The lowest BCUT2D eigenvalue weighted by Gasteiger charge is -2.72. The second-order valence-corrected chi connectivity index (χ2v) is 16.8. The Balaban J connectivity index is 1.55. The van der Waals surface area contributed by atoms with Crippen molar-refractivity contribution >= 4 is 11.6 Å². The molecule has 4 nitrogen and oxygen atoms in total. The SMILES string of the molecule is C=C(C[C@]12CCC(C)(C)CC1C1C(=O)C[C@@H]3[C@@]4(C)C=C(C#N)C(=O)C(C)(C)[C@@H]4CC[C@@]3(C)[C@]1(C)CC2)NCC(F)(F)F. The summed E-state index contributed by atoms with van der Waals surface area (Å²) in [5, 5.41) is 12.5. The summed E-state index contributed by atoms with van der Waals surface area (Å²) in [6.07, 6.45) is 4.77. The van der Waals surface area contributed by atoms with Crippen molar-refractivity contribution in [1.29, 1.82) is 5.26 Å². The Morgan fingerprint density at radius 2 is 1.64 bits per heavy atom. The number of carbonyl (C=O) groups is 2. The molecular formula is C35H49F3N2O2. The van der Waals surface area contributed by atoms with Gasteiger partial charge in [0.15, 0.2) is 5.78 Å². The fourth-order valence-corrected chi connectivity index (χ4v) is 11.4. The Kier molecular flexibility index (Phi) is 7.05. The molecule has 5 aliphatic carbocycles. The lowest BCUT2D eigenvalue weighted by molar-refractivity contribution is -0.222. The quantitative estimate of drug-likeness (QED) is 0.359. The van der Waals surface area contributed by atoms with E-state index in [1.165, 1.54) is 0 Å². The van der Waals surface area contributed by atoms with Crippen LogP contribution < -0.4 is 5.32 Å². The van der Waals surface area contributed by atoms with E-state index in [1.54, 1.807) is 0 Å². The summed E-state index contributed by atoms with van der Waals surface area (Å²) < 4.78 is 39.1. The zero-order valence-electron chi connectivity index (χ0n) is 26.6. The van der Waals surface area contributed by atoms with Crippen LogP contribution in [0, 0.1) is 67.5 Å². The molecule has 0 spiro atoms. The largest absolute Gasteiger partial charge is 0.405 e. The average molecular weight is 587 g/mol. The third-order valence-electron chi connectivity index (χ3n) is 13.8. The molecule has 0 saturated heterocycles. The summed E-state index contributed by atoms with van der Waals surface area (Å²) in [7, 11) is 0. The number of hydrogen-bond donors (Lipinski definition) is 1. The maximum absolute atomic E-state index is 14.6. The first-order valence-corrected chi connectivity index (χ1v) is 15.8. The van der Waals surface area contributed by atoms with Crippen LogP contribution in [0.3, 0.4) is 0 Å². The standard InChI is InChI=1S/C35H49F3N2O2/c1-21(40-20-35(36,37)38)16-34-13-11-29(2,3)18-23(34)27-24(41)15-26-31(6)17-22(19-39)28(42)30(4,5)25(31)9-10-32(26,7)33(27,8)12-14-34/h17,23,25-27,40H,1,9-16,18,20H2,2-8H3/t23?,25-,26+,27?,31-,32+,33+,34+/m0/s1. The Labute approximate surface area is 250 Å². The zero-order valence-corrected chi connectivity index (χ0v) is 26.6. The highest BCUT2D eigenvalue weighted by atomic mass is 19.4. The monoisotopic (exact) mass is 586 g/mol. The predicted molar refractivity (Wildman–Crippen MR) is 157 cm³/mol. The van der Waals surface area contributed by atoms with Crippen molar-refractivity contribution in [3.63, 3.8) is 0 Å². The fraction of sp³-hybridized carbons (Fsp3) is 0.800. The smallest absolute Gasteiger partial charge is 0.380 e. The molecule has 5 aliphatic rings. The van der Waals surface area contributed by atoms with Gasteiger partial charge in [0.25, 0.3) is 0 Å². The summed E-state index contributed by atoms with van der Waals surface area (Å²) >= 11 is 0. The van der Waals surface area contributed by atoms with E-state index in [4.69, 9.17) is 0 Å². The predicted octanol–water partition coefficient (Wildman–Crippen LogP) is 8.34. The van der Waals surface area contributed by atoms with Crippen molar-refractivity contribution in [2.45, 2.75) is 112 Å². The molecule has 5 rings (SSSR count). The number of nitrogens with zero attached hydrogens (tertiary/aromatic N) is 1. The maximum atomic E-state index is 14.6. The Bertz CT molecular complexity index is 1270. The molecule has 0 amide bonds. The van der Waals surface area contributed by atoms with Crippen LogP contribution in [0.4, 0.5) is 13.2 Å². The first kappa shape index (κ1) is 31.3. The second kappa shape index (κ2) is 9.45. The number of halogens is 3. The highest BCUT2D eigenvalue weighted by Gasteiger charge is 2.72. The van der Waals surface area contributed by atoms with Crippen molar-refractivity contribution < 1.29 is 22.8 Å². The maximum Gasteiger partial charge on any atom is 0.405 e. The minimum Gasteiger partial charge on any atom is -0.380 e. The van der Waals surface area contributed by atoms with Gasteiger partial charge in [-0.3, -0.25) is 9.59 Å². The molecule has 4 saturated carbocycles. The van der Waals surface area contributed by atoms with Crippen LogP contribution >= 0.6 is 0 Å².